The van der Waals surface area contributed by atoms with Gasteiger partial charge in [-0.2, -0.15) is 0 Å². The molecular formula is C14H25NO2. The Kier molecular flexibility index (Phi) is 4.84. The van der Waals surface area contributed by atoms with Crippen molar-refractivity contribution in [3.8, 4) is 0 Å². The molecule has 0 radical (unpaired) electrons. The van der Waals surface area contributed by atoms with Crippen molar-refractivity contribution < 1.29 is 9.90 Å². The van der Waals surface area contributed by atoms with Gasteiger partial charge in [0.15, 0.2) is 0 Å². The van der Waals surface area contributed by atoms with Crippen LogP contribution in [0.1, 0.15) is 57.8 Å². The summed E-state index contributed by atoms with van der Waals surface area (Å²) in [6.07, 6.45) is 10.8. The Morgan fingerprint density at radius 2 is 1.88 bits per heavy atom. The van der Waals surface area contributed by atoms with Crippen LogP contribution in [0.5, 0.6) is 0 Å². The van der Waals surface area contributed by atoms with Crippen LogP contribution in [-0.4, -0.2) is 23.7 Å². The van der Waals surface area contributed by atoms with E-state index in [-0.39, 0.29) is 0 Å². The van der Waals surface area contributed by atoms with Crippen molar-refractivity contribution in [2.24, 2.45) is 11.8 Å². The van der Waals surface area contributed by atoms with E-state index in [0.29, 0.717) is 12.5 Å². The predicted molar refractivity (Wildman–Crippen MR) is 68.0 cm³/mol. The number of aliphatic carboxylic acids is 1. The van der Waals surface area contributed by atoms with Gasteiger partial charge in [-0.3, -0.25) is 4.79 Å². The molecule has 2 aliphatic rings. The van der Waals surface area contributed by atoms with Crippen LogP contribution in [0.3, 0.4) is 0 Å². The largest absolute Gasteiger partial charge is 0.481 e. The van der Waals surface area contributed by atoms with E-state index in [4.69, 9.17) is 5.11 Å². The fourth-order valence-electron chi connectivity index (χ4n) is 3.60. The zero-order valence-corrected chi connectivity index (χ0v) is 10.7. The van der Waals surface area contributed by atoms with E-state index >= 15 is 0 Å². The molecule has 2 fully saturated rings. The molecule has 0 bridgehead atoms. The molecule has 3 heteroatoms. The Morgan fingerprint density at radius 3 is 2.65 bits per heavy atom. The van der Waals surface area contributed by atoms with Gasteiger partial charge in [-0.15, -0.1) is 0 Å². The Hall–Kier alpha value is -0.570. The maximum atomic E-state index is 10.4. The fraction of sp³-hybridized carbons (Fsp3) is 0.929. The maximum Gasteiger partial charge on any atom is 0.303 e. The Labute approximate surface area is 104 Å². The number of hydrogen-bond acceptors (Lipinski definition) is 2. The van der Waals surface area contributed by atoms with E-state index in [1.165, 1.54) is 44.9 Å². The first-order valence-corrected chi connectivity index (χ1v) is 7.21. The summed E-state index contributed by atoms with van der Waals surface area (Å²) in [6, 6.07) is 0.656. The molecule has 17 heavy (non-hydrogen) atoms. The van der Waals surface area contributed by atoms with E-state index in [9.17, 15) is 4.79 Å². The molecule has 2 saturated carbocycles. The first kappa shape index (κ1) is 12.9. The van der Waals surface area contributed by atoms with Crippen molar-refractivity contribution in [3.63, 3.8) is 0 Å². The van der Waals surface area contributed by atoms with Gasteiger partial charge in [0, 0.05) is 12.5 Å². The topological polar surface area (TPSA) is 49.3 Å². The molecule has 98 valence electrons. The van der Waals surface area contributed by atoms with Gasteiger partial charge >= 0.3 is 5.97 Å². The molecule has 0 aromatic heterocycles. The average molecular weight is 239 g/mol. The maximum absolute atomic E-state index is 10.4. The minimum atomic E-state index is -0.678. The van der Waals surface area contributed by atoms with Gasteiger partial charge in [0.1, 0.15) is 0 Å². The lowest BCUT2D eigenvalue weighted by Gasteiger charge is -2.39. The van der Waals surface area contributed by atoms with Gasteiger partial charge in [-0.25, -0.2) is 0 Å². The lowest BCUT2D eigenvalue weighted by molar-refractivity contribution is -0.137. The molecule has 0 spiro atoms. The SMILES string of the molecule is O=C(O)CCCNC1CCC2CCCCC2C1. The summed E-state index contributed by atoms with van der Waals surface area (Å²) in [7, 11) is 0. The molecular weight excluding hydrogens is 214 g/mol. The Balaban J connectivity index is 1.64. The highest BCUT2D eigenvalue weighted by Gasteiger charge is 2.31. The summed E-state index contributed by atoms with van der Waals surface area (Å²) in [5.74, 6) is 1.28. The normalized spacial score (nSPS) is 33.1. The van der Waals surface area contributed by atoms with Crippen LogP contribution >= 0.6 is 0 Å². The van der Waals surface area contributed by atoms with Crippen LogP contribution in [0, 0.1) is 11.8 Å². The van der Waals surface area contributed by atoms with Crippen molar-refractivity contribution >= 4 is 5.97 Å². The highest BCUT2D eigenvalue weighted by molar-refractivity contribution is 5.66. The summed E-state index contributed by atoms with van der Waals surface area (Å²) in [6.45, 7) is 0.869. The predicted octanol–water partition coefficient (Wildman–Crippen LogP) is 2.80. The third-order valence-electron chi connectivity index (χ3n) is 4.54. The van der Waals surface area contributed by atoms with E-state index in [1.54, 1.807) is 0 Å². The van der Waals surface area contributed by atoms with Gasteiger partial charge in [0.25, 0.3) is 0 Å². The van der Waals surface area contributed by atoms with Crippen molar-refractivity contribution in [1.82, 2.24) is 5.32 Å². The van der Waals surface area contributed by atoms with Gasteiger partial charge < -0.3 is 10.4 Å². The zero-order valence-electron chi connectivity index (χ0n) is 10.7. The van der Waals surface area contributed by atoms with Crippen molar-refractivity contribution in [2.45, 2.75) is 63.8 Å². The molecule has 3 unspecified atom stereocenters. The first-order chi connectivity index (χ1) is 8.25. The first-order valence-electron chi connectivity index (χ1n) is 7.21. The molecule has 2 rings (SSSR count). The second kappa shape index (κ2) is 6.39. The summed E-state index contributed by atoms with van der Waals surface area (Å²) in [5, 5.41) is 12.1. The van der Waals surface area contributed by atoms with Gasteiger partial charge in [0.2, 0.25) is 0 Å². The van der Waals surface area contributed by atoms with Crippen LogP contribution < -0.4 is 5.32 Å². The van der Waals surface area contributed by atoms with E-state index < -0.39 is 5.97 Å². The van der Waals surface area contributed by atoms with E-state index in [1.807, 2.05) is 0 Å². The number of hydrogen-bond donors (Lipinski definition) is 2. The number of carbonyl (C=O) groups is 1. The van der Waals surface area contributed by atoms with Crippen LogP contribution in [0.4, 0.5) is 0 Å². The third-order valence-corrected chi connectivity index (χ3v) is 4.54. The van der Waals surface area contributed by atoms with Gasteiger partial charge in [0.05, 0.1) is 0 Å². The molecule has 0 aromatic carbocycles. The Bertz CT molecular complexity index is 255. The van der Waals surface area contributed by atoms with Crippen LogP contribution in [0.15, 0.2) is 0 Å². The van der Waals surface area contributed by atoms with Crippen molar-refractivity contribution in [3.05, 3.63) is 0 Å². The van der Waals surface area contributed by atoms with Gasteiger partial charge in [-0.05, 0) is 44.1 Å². The average Bonchev–Trinajstić information content (AvgIpc) is 2.34. The standard InChI is InChI=1S/C14H25NO2/c16-14(17)6-3-9-15-13-8-7-11-4-1-2-5-12(11)10-13/h11-13,15H,1-10H2,(H,16,17). The monoisotopic (exact) mass is 239 g/mol. The van der Waals surface area contributed by atoms with Crippen LogP contribution in [0.2, 0.25) is 0 Å². The fourth-order valence-corrected chi connectivity index (χ4v) is 3.60. The second-order valence-electron chi connectivity index (χ2n) is 5.77. The molecule has 0 amide bonds. The number of nitrogens with one attached hydrogen (secondary N) is 1. The molecule has 2 aliphatic carbocycles. The number of fused-ring (bicyclic) bond motifs is 1. The molecule has 0 aliphatic heterocycles. The smallest absolute Gasteiger partial charge is 0.303 e. The minimum Gasteiger partial charge on any atom is -0.481 e. The number of carboxylic acid groups (broad SMARTS) is 1. The second-order valence-corrected chi connectivity index (χ2v) is 5.77. The molecule has 0 saturated heterocycles. The summed E-state index contributed by atoms with van der Waals surface area (Å²) < 4.78 is 0. The Morgan fingerprint density at radius 1 is 1.12 bits per heavy atom. The lowest BCUT2D eigenvalue weighted by atomic mass is 9.69. The molecule has 0 aromatic rings. The highest BCUT2D eigenvalue weighted by Crippen LogP contribution is 2.40. The molecule has 0 heterocycles. The quantitative estimate of drug-likeness (QED) is 0.725. The minimum absolute atomic E-state index is 0.297. The summed E-state index contributed by atoms with van der Waals surface area (Å²) >= 11 is 0. The zero-order chi connectivity index (χ0) is 12.1. The van der Waals surface area contributed by atoms with Crippen LogP contribution in [0.25, 0.3) is 0 Å². The molecule has 3 atom stereocenters. The third kappa shape index (κ3) is 3.98. The summed E-state index contributed by atoms with van der Waals surface area (Å²) in [5.41, 5.74) is 0. The molecule has 3 nitrogen and oxygen atoms in total. The van der Waals surface area contributed by atoms with Crippen molar-refractivity contribution in [2.75, 3.05) is 6.54 Å². The molecule has 2 N–H and O–H groups in total. The number of rotatable bonds is 5. The van der Waals surface area contributed by atoms with E-state index in [0.717, 1.165) is 24.8 Å². The van der Waals surface area contributed by atoms with Gasteiger partial charge in [-0.1, -0.05) is 25.7 Å². The summed E-state index contributed by atoms with van der Waals surface area (Å²) in [4.78, 5) is 10.4. The number of carboxylic acids is 1. The highest BCUT2D eigenvalue weighted by atomic mass is 16.4. The van der Waals surface area contributed by atoms with Crippen molar-refractivity contribution in [1.29, 1.82) is 0 Å². The van der Waals surface area contributed by atoms with Crippen LogP contribution in [-0.2, 0) is 4.79 Å². The lowest BCUT2D eigenvalue weighted by Crippen LogP contribution is -2.39. The van der Waals surface area contributed by atoms with E-state index in [2.05, 4.69) is 5.32 Å².